The molecule has 0 saturated heterocycles. The number of aliphatic hydroxyl groups is 1. The lowest BCUT2D eigenvalue weighted by molar-refractivity contribution is 0.276. The standard InChI is InChI=1S/C9H12ClFN2O/c10-6-1-7(11)3-8(2-6)13-9(4-12)5-14/h1-3,9,13-14H,4-5,12H2. The van der Waals surface area contributed by atoms with E-state index in [0.717, 1.165) is 0 Å². The van der Waals surface area contributed by atoms with Crippen LogP contribution in [0.3, 0.4) is 0 Å². The van der Waals surface area contributed by atoms with Crippen LogP contribution in [0.25, 0.3) is 0 Å². The Bertz CT molecular complexity index is 285. The van der Waals surface area contributed by atoms with Crippen molar-refractivity contribution in [3.8, 4) is 0 Å². The molecule has 1 unspecified atom stereocenters. The van der Waals surface area contributed by atoms with Crippen LogP contribution in [0, 0.1) is 5.82 Å². The van der Waals surface area contributed by atoms with E-state index in [-0.39, 0.29) is 19.2 Å². The minimum Gasteiger partial charge on any atom is -0.394 e. The number of rotatable bonds is 4. The lowest BCUT2D eigenvalue weighted by atomic mass is 10.2. The van der Waals surface area contributed by atoms with E-state index >= 15 is 0 Å². The molecule has 0 amide bonds. The first kappa shape index (κ1) is 11.2. The van der Waals surface area contributed by atoms with Gasteiger partial charge in [0.1, 0.15) is 5.82 Å². The first-order valence-electron chi connectivity index (χ1n) is 4.19. The van der Waals surface area contributed by atoms with Crippen molar-refractivity contribution >= 4 is 17.3 Å². The van der Waals surface area contributed by atoms with Gasteiger partial charge in [-0.15, -0.1) is 0 Å². The summed E-state index contributed by atoms with van der Waals surface area (Å²) < 4.78 is 12.9. The van der Waals surface area contributed by atoms with E-state index in [0.29, 0.717) is 10.7 Å². The fraction of sp³-hybridized carbons (Fsp3) is 0.333. The Hall–Kier alpha value is -0.840. The second kappa shape index (κ2) is 5.14. The smallest absolute Gasteiger partial charge is 0.126 e. The molecule has 0 heterocycles. The molecule has 0 aliphatic heterocycles. The van der Waals surface area contributed by atoms with Gasteiger partial charge in [0.05, 0.1) is 12.6 Å². The first-order chi connectivity index (χ1) is 6.65. The highest BCUT2D eigenvalue weighted by Crippen LogP contribution is 2.18. The van der Waals surface area contributed by atoms with Crippen molar-refractivity contribution in [2.75, 3.05) is 18.5 Å². The van der Waals surface area contributed by atoms with Gasteiger partial charge in [0.25, 0.3) is 0 Å². The molecule has 14 heavy (non-hydrogen) atoms. The lowest BCUT2D eigenvalue weighted by Gasteiger charge is -2.15. The highest BCUT2D eigenvalue weighted by Gasteiger charge is 2.05. The van der Waals surface area contributed by atoms with Gasteiger partial charge in [-0.25, -0.2) is 4.39 Å². The fourth-order valence-electron chi connectivity index (χ4n) is 1.05. The maximum absolute atomic E-state index is 12.9. The third kappa shape index (κ3) is 3.14. The summed E-state index contributed by atoms with van der Waals surface area (Å²) in [5.41, 5.74) is 5.87. The van der Waals surface area contributed by atoms with Crippen molar-refractivity contribution in [1.82, 2.24) is 0 Å². The predicted molar refractivity (Wildman–Crippen MR) is 55.0 cm³/mol. The summed E-state index contributed by atoms with van der Waals surface area (Å²) in [4.78, 5) is 0. The van der Waals surface area contributed by atoms with Gasteiger partial charge in [0.15, 0.2) is 0 Å². The summed E-state index contributed by atoms with van der Waals surface area (Å²) in [6.45, 7) is 0.162. The van der Waals surface area contributed by atoms with Gasteiger partial charge in [-0.3, -0.25) is 0 Å². The number of hydrogen-bond donors (Lipinski definition) is 3. The average molecular weight is 219 g/mol. The Morgan fingerprint density at radius 2 is 2.21 bits per heavy atom. The molecular formula is C9H12ClFN2O. The van der Waals surface area contributed by atoms with E-state index in [1.807, 2.05) is 0 Å². The maximum Gasteiger partial charge on any atom is 0.126 e. The lowest BCUT2D eigenvalue weighted by Crippen LogP contribution is -2.32. The number of aliphatic hydroxyl groups excluding tert-OH is 1. The van der Waals surface area contributed by atoms with Crippen LogP contribution in [-0.4, -0.2) is 24.3 Å². The van der Waals surface area contributed by atoms with Crippen LogP contribution in [0.5, 0.6) is 0 Å². The molecule has 1 aromatic carbocycles. The normalized spacial score (nSPS) is 12.6. The van der Waals surface area contributed by atoms with Crippen molar-refractivity contribution in [2.24, 2.45) is 5.73 Å². The van der Waals surface area contributed by atoms with Gasteiger partial charge in [0.2, 0.25) is 0 Å². The van der Waals surface area contributed by atoms with Gasteiger partial charge in [0, 0.05) is 17.3 Å². The van der Waals surface area contributed by atoms with E-state index in [2.05, 4.69) is 5.32 Å². The van der Waals surface area contributed by atoms with Gasteiger partial charge >= 0.3 is 0 Å². The molecule has 0 aromatic heterocycles. The summed E-state index contributed by atoms with van der Waals surface area (Å²) in [5.74, 6) is -0.422. The van der Waals surface area contributed by atoms with Crippen LogP contribution >= 0.6 is 11.6 Å². The Labute approximate surface area is 86.7 Å². The van der Waals surface area contributed by atoms with Crippen LogP contribution in [0.2, 0.25) is 5.02 Å². The molecule has 1 rings (SSSR count). The van der Waals surface area contributed by atoms with Crippen LogP contribution in [-0.2, 0) is 0 Å². The SMILES string of the molecule is NCC(CO)Nc1cc(F)cc(Cl)c1. The van der Waals surface area contributed by atoms with E-state index in [1.54, 1.807) is 6.07 Å². The number of nitrogens with one attached hydrogen (secondary N) is 1. The zero-order valence-electron chi connectivity index (χ0n) is 7.50. The predicted octanol–water partition coefficient (Wildman–Crippen LogP) is 1.21. The summed E-state index contributed by atoms with van der Waals surface area (Å²) in [7, 11) is 0. The van der Waals surface area contributed by atoms with Crippen molar-refractivity contribution in [3.05, 3.63) is 29.0 Å². The van der Waals surface area contributed by atoms with Crippen LogP contribution < -0.4 is 11.1 Å². The summed E-state index contributed by atoms with van der Waals surface area (Å²) in [5, 5.41) is 12.0. The van der Waals surface area contributed by atoms with E-state index in [4.69, 9.17) is 22.4 Å². The van der Waals surface area contributed by atoms with E-state index in [9.17, 15) is 4.39 Å². The molecule has 78 valence electrons. The topological polar surface area (TPSA) is 58.3 Å². The Kier molecular flexibility index (Phi) is 4.13. The average Bonchev–Trinajstić information content (AvgIpc) is 2.12. The summed E-state index contributed by atoms with van der Waals surface area (Å²) >= 11 is 5.65. The van der Waals surface area contributed by atoms with Crippen molar-refractivity contribution < 1.29 is 9.50 Å². The Morgan fingerprint density at radius 1 is 1.50 bits per heavy atom. The number of anilines is 1. The second-order valence-electron chi connectivity index (χ2n) is 2.92. The molecule has 3 nitrogen and oxygen atoms in total. The van der Waals surface area contributed by atoms with Gasteiger partial charge in [-0.2, -0.15) is 0 Å². The highest BCUT2D eigenvalue weighted by molar-refractivity contribution is 6.30. The number of nitrogens with two attached hydrogens (primary N) is 1. The second-order valence-corrected chi connectivity index (χ2v) is 3.35. The minimum absolute atomic E-state index is 0.107. The van der Waals surface area contributed by atoms with Gasteiger partial charge in [-0.1, -0.05) is 11.6 Å². The third-order valence-electron chi connectivity index (χ3n) is 1.74. The van der Waals surface area contributed by atoms with Gasteiger partial charge < -0.3 is 16.2 Å². The van der Waals surface area contributed by atoms with Crippen LogP contribution in [0.4, 0.5) is 10.1 Å². The molecule has 0 bridgehead atoms. The first-order valence-corrected chi connectivity index (χ1v) is 4.57. The van der Waals surface area contributed by atoms with Gasteiger partial charge in [-0.05, 0) is 18.2 Å². The summed E-state index contributed by atoms with van der Waals surface area (Å²) in [6.07, 6.45) is 0. The number of halogens is 2. The van der Waals surface area contributed by atoms with E-state index in [1.165, 1.54) is 12.1 Å². The van der Waals surface area contributed by atoms with Crippen LogP contribution in [0.15, 0.2) is 18.2 Å². The molecule has 0 fully saturated rings. The molecule has 0 aliphatic carbocycles. The molecule has 0 radical (unpaired) electrons. The molecule has 0 aliphatic rings. The molecule has 0 spiro atoms. The van der Waals surface area contributed by atoms with Crippen LogP contribution in [0.1, 0.15) is 0 Å². The highest BCUT2D eigenvalue weighted by atomic mass is 35.5. The molecule has 0 saturated carbocycles. The Morgan fingerprint density at radius 3 is 2.71 bits per heavy atom. The number of hydrogen-bond acceptors (Lipinski definition) is 3. The zero-order valence-corrected chi connectivity index (χ0v) is 8.26. The van der Waals surface area contributed by atoms with Crippen molar-refractivity contribution in [1.29, 1.82) is 0 Å². The maximum atomic E-state index is 12.9. The third-order valence-corrected chi connectivity index (χ3v) is 1.96. The van der Waals surface area contributed by atoms with Crippen molar-refractivity contribution in [2.45, 2.75) is 6.04 Å². The molecule has 1 atom stereocenters. The molecule has 1 aromatic rings. The monoisotopic (exact) mass is 218 g/mol. The minimum atomic E-state index is -0.422. The largest absolute Gasteiger partial charge is 0.394 e. The van der Waals surface area contributed by atoms with E-state index < -0.39 is 5.82 Å². The zero-order chi connectivity index (χ0) is 10.6. The quantitative estimate of drug-likeness (QED) is 0.712. The molecular weight excluding hydrogens is 207 g/mol. The fourth-order valence-corrected chi connectivity index (χ4v) is 1.27. The summed E-state index contributed by atoms with van der Waals surface area (Å²) in [6, 6.07) is 3.80. The molecule has 5 heteroatoms. The molecule has 4 N–H and O–H groups in total. The van der Waals surface area contributed by atoms with Crippen molar-refractivity contribution in [3.63, 3.8) is 0 Å². The number of benzene rings is 1. The Balaban J connectivity index is 2.75.